The summed E-state index contributed by atoms with van der Waals surface area (Å²) in [4.78, 5) is 18.6. The van der Waals surface area contributed by atoms with Crippen molar-refractivity contribution in [3.63, 3.8) is 0 Å². The molecule has 3 aromatic rings. The Morgan fingerprint density at radius 1 is 1.16 bits per heavy atom. The molecule has 1 aromatic carbocycles. The van der Waals surface area contributed by atoms with E-state index in [0.717, 1.165) is 31.2 Å². The lowest BCUT2D eigenvalue weighted by atomic mass is 9.82. The quantitative estimate of drug-likeness (QED) is 0.588. The van der Waals surface area contributed by atoms with E-state index in [1.165, 1.54) is 12.1 Å². The van der Waals surface area contributed by atoms with E-state index in [1.807, 2.05) is 13.0 Å². The van der Waals surface area contributed by atoms with Crippen LogP contribution >= 0.6 is 0 Å². The molecule has 0 radical (unpaired) electrons. The Morgan fingerprint density at radius 3 is 2.59 bits per heavy atom. The van der Waals surface area contributed by atoms with E-state index in [4.69, 9.17) is 0 Å². The van der Waals surface area contributed by atoms with E-state index in [0.29, 0.717) is 35.5 Å². The summed E-state index contributed by atoms with van der Waals surface area (Å²) >= 11 is 0. The summed E-state index contributed by atoms with van der Waals surface area (Å²) in [6, 6.07) is 9.45. The Morgan fingerprint density at radius 2 is 1.88 bits per heavy atom. The molecule has 0 bridgehead atoms. The smallest absolute Gasteiger partial charge is 0.270 e. The van der Waals surface area contributed by atoms with E-state index in [2.05, 4.69) is 25.7 Å². The van der Waals surface area contributed by atoms with Crippen molar-refractivity contribution < 1.29 is 14.3 Å². The highest BCUT2D eigenvalue weighted by atomic mass is 19.1. The highest BCUT2D eigenvalue weighted by Crippen LogP contribution is 2.29. The minimum atomic E-state index is -0.327. The average molecular weight is 439 g/mol. The first-order chi connectivity index (χ1) is 15.5. The number of hydrogen-bond donors (Lipinski definition) is 2. The van der Waals surface area contributed by atoms with Crippen LogP contribution in [-0.2, 0) is 13.1 Å². The fourth-order valence-corrected chi connectivity index (χ4v) is 4.05. The second-order valence-corrected chi connectivity index (χ2v) is 8.43. The highest BCUT2D eigenvalue weighted by molar-refractivity contribution is 5.93. The second-order valence-electron chi connectivity index (χ2n) is 8.43. The molecule has 8 nitrogen and oxygen atoms in total. The predicted octanol–water partition coefficient (Wildman–Crippen LogP) is 2.91. The zero-order chi connectivity index (χ0) is 22.5. The zero-order valence-electron chi connectivity index (χ0n) is 18.0. The number of amides is 1. The number of hydrogen-bond acceptors (Lipinski definition) is 6. The summed E-state index contributed by atoms with van der Waals surface area (Å²) in [5, 5.41) is 25.0. The van der Waals surface area contributed by atoms with Crippen LogP contribution in [0.1, 0.15) is 47.4 Å². The molecule has 0 spiro atoms. The highest BCUT2D eigenvalue weighted by Gasteiger charge is 2.22. The number of aryl methyl sites for hydroxylation is 1. The van der Waals surface area contributed by atoms with Crippen LogP contribution in [0.3, 0.4) is 0 Å². The van der Waals surface area contributed by atoms with Gasteiger partial charge in [0, 0.05) is 24.4 Å². The summed E-state index contributed by atoms with van der Waals surface area (Å²) in [5.74, 6) is 0.702. The van der Waals surface area contributed by atoms with Gasteiger partial charge in [0.25, 0.3) is 5.91 Å². The number of aliphatic hydroxyl groups is 1. The number of nitrogens with zero attached hydrogens (tertiary/aromatic N) is 5. The van der Waals surface area contributed by atoms with E-state index in [1.54, 1.807) is 23.0 Å². The van der Waals surface area contributed by atoms with Crippen molar-refractivity contribution in [1.29, 1.82) is 0 Å². The molecule has 0 unspecified atom stereocenters. The summed E-state index contributed by atoms with van der Waals surface area (Å²) < 4.78 is 13.0. The first-order valence-corrected chi connectivity index (χ1v) is 10.9. The van der Waals surface area contributed by atoms with Crippen LogP contribution in [0, 0.1) is 24.6 Å². The molecule has 2 aromatic heterocycles. The van der Waals surface area contributed by atoms with Gasteiger partial charge < -0.3 is 10.4 Å². The third-order valence-corrected chi connectivity index (χ3v) is 5.91. The lowest BCUT2D eigenvalue weighted by Crippen LogP contribution is -2.24. The number of aromatic nitrogens is 5. The van der Waals surface area contributed by atoms with Crippen LogP contribution in [0.2, 0.25) is 0 Å². The first-order valence-electron chi connectivity index (χ1n) is 10.9. The van der Waals surface area contributed by atoms with Gasteiger partial charge >= 0.3 is 0 Å². The Labute approximate surface area is 185 Å². The molecule has 9 heteroatoms. The Bertz CT molecular complexity index is 1060. The molecule has 2 N–H and O–H groups in total. The zero-order valence-corrected chi connectivity index (χ0v) is 18.0. The fraction of sp³-hybridized carbons (Fsp3) is 0.435. The lowest BCUT2D eigenvalue weighted by Gasteiger charge is -2.26. The van der Waals surface area contributed by atoms with Gasteiger partial charge in [0.1, 0.15) is 11.5 Å². The number of aliphatic hydroxyl groups excluding tert-OH is 1. The summed E-state index contributed by atoms with van der Waals surface area (Å²) in [6.07, 6.45) is 4.16. The topological polar surface area (TPSA) is 106 Å². The number of nitrogens with one attached hydrogen (secondary N) is 1. The number of carbonyl (C=O) groups excluding carboxylic acids is 1. The van der Waals surface area contributed by atoms with Crippen LogP contribution in [0.5, 0.6) is 0 Å². The maximum absolute atomic E-state index is 13.0. The molecule has 32 heavy (non-hydrogen) atoms. The van der Waals surface area contributed by atoms with Gasteiger partial charge in [-0.05, 0) is 79.5 Å². The SMILES string of the molecule is Cc1cc(-c2nnn(CC3CCC(CO)CC3)n2)cc(C(=O)NCc2ccc(F)cc2)n1. The Kier molecular flexibility index (Phi) is 6.84. The van der Waals surface area contributed by atoms with Crippen LogP contribution in [0.4, 0.5) is 4.39 Å². The van der Waals surface area contributed by atoms with Gasteiger partial charge in [0.2, 0.25) is 5.82 Å². The first kappa shape index (κ1) is 22.0. The molecule has 2 heterocycles. The summed E-state index contributed by atoms with van der Waals surface area (Å²) in [7, 11) is 0. The van der Waals surface area contributed by atoms with Gasteiger partial charge in [0.15, 0.2) is 0 Å². The molecule has 0 aliphatic heterocycles. The van der Waals surface area contributed by atoms with Crippen LogP contribution < -0.4 is 5.32 Å². The van der Waals surface area contributed by atoms with Crippen molar-refractivity contribution >= 4 is 5.91 Å². The van der Waals surface area contributed by atoms with Crippen molar-refractivity contribution in [3.8, 4) is 11.4 Å². The van der Waals surface area contributed by atoms with Gasteiger partial charge in [-0.25, -0.2) is 9.37 Å². The Hall–Kier alpha value is -3.20. The molecule has 168 valence electrons. The number of rotatable bonds is 7. The molecule has 0 atom stereocenters. The fourth-order valence-electron chi connectivity index (χ4n) is 4.05. The number of carbonyl (C=O) groups is 1. The molecule has 1 fully saturated rings. The van der Waals surface area contributed by atoms with Crippen molar-refractivity contribution in [2.75, 3.05) is 6.61 Å². The number of halogens is 1. The third kappa shape index (κ3) is 5.53. The number of benzene rings is 1. The third-order valence-electron chi connectivity index (χ3n) is 5.91. The van der Waals surface area contributed by atoms with Crippen LogP contribution in [-0.4, -0.2) is 42.8 Å². The number of tetrazole rings is 1. The normalized spacial score (nSPS) is 18.5. The van der Waals surface area contributed by atoms with Crippen molar-refractivity contribution in [2.45, 2.75) is 45.7 Å². The lowest BCUT2D eigenvalue weighted by molar-refractivity contribution is 0.0945. The monoisotopic (exact) mass is 438 g/mol. The minimum absolute atomic E-state index is 0.264. The Balaban J connectivity index is 1.41. The second kappa shape index (κ2) is 9.95. The average Bonchev–Trinajstić information content (AvgIpc) is 3.27. The van der Waals surface area contributed by atoms with Crippen molar-refractivity contribution in [2.24, 2.45) is 11.8 Å². The molecule has 0 saturated heterocycles. The van der Waals surface area contributed by atoms with E-state index < -0.39 is 0 Å². The van der Waals surface area contributed by atoms with E-state index >= 15 is 0 Å². The molecule has 4 rings (SSSR count). The van der Waals surface area contributed by atoms with Gasteiger partial charge in [0.05, 0.1) is 6.54 Å². The molecular weight excluding hydrogens is 411 g/mol. The van der Waals surface area contributed by atoms with Gasteiger partial charge in [-0.1, -0.05) is 12.1 Å². The molecular formula is C23H27FN6O2. The number of pyridine rings is 1. The van der Waals surface area contributed by atoms with E-state index in [9.17, 15) is 14.3 Å². The summed E-state index contributed by atoms with van der Waals surface area (Å²) in [6.45, 7) is 3.04. The summed E-state index contributed by atoms with van der Waals surface area (Å²) in [5.41, 5.74) is 2.42. The van der Waals surface area contributed by atoms with Crippen molar-refractivity contribution in [3.05, 3.63) is 59.2 Å². The van der Waals surface area contributed by atoms with Gasteiger partial charge in [-0.2, -0.15) is 4.80 Å². The molecule has 1 aliphatic carbocycles. The van der Waals surface area contributed by atoms with Gasteiger partial charge in [-0.3, -0.25) is 4.79 Å². The van der Waals surface area contributed by atoms with Crippen molar-refractivity contribution in [1.82, 2.24) is 30.5 Å². The standard InChI is InChI=1S/C23H27FN6O2/c1-15-10-19(11-21(26-15)23(32)25-12-16-6-8-20(24)9-7-16)22-27-29-30(28-22)13-17-2-4-18(14-31)5-3-17/h6-11,17-18,31H,2-5,12-14H2,1H3,(H,25,32). The maximum Gasteiger partial charge on any atom is 0.270 e. The van der Waals surface area contributed by atoms with Gasteiger partial charge in [-0.15, -0.1) is 10.2 Å². The largest absolute Gasteiger partial charge is 0.396 e. The molecule has 1 aliphatic rings. The molecule has 1 saturated carbocycles. The maximum atomic E-state index is 13.0. The van der Waals surface area contributed by atoms with Crippen LogP contribution in [0.25, 0.3) is 11.4 Å². The predicted molar refractivity (Wildman–Crippen MR) is 116 cm³/mol. The van der Waals surface area contributed by atoms with Crippen LogP contribution in [0.15, 0.2) is 36.4 Å². The van der Waals surface area contributed by atoms with E-state index in [-0.39, 0.29) is 30.6 Å². The minimum Gasteiger partial charge on any atom is -0.396 e. The molecule has 1 amide bonds.